The predicted octanol–water partition coefficient (Wildman–Crippen LogP) is 2.97. The maximum absolute atomic E-state index is 12.2. The van der Waals surface area contributed by atoms with Gasteiger partial charge in [0.1, 0.15) is 0 Å². The van der Waals surface area contributed by atoms with Crippen LogP contribution < -0.4 is 0 Å². The van der Waals surface area contributed by atoms with E-state index in [1.54, 1.807) is 0 Å². The molecule has 0 bridgehead atoms. The molecular formula is C16H26N2O. The van der Waals surface area contributed by atoms with Crippen molar-refractivity contribution in [3.63, 3.8) is 0 Å². The molecule has 3 heteroatoms. The van der Waals surface area contributed by atoms with Crippen molar-refractivity contribution < 1.29 is 4.79 Å². The molecule has 1 aromatic rings. The summed E-state index contributed by atoms with van der Waals surface area (Å²) in [7, 11) is 1.93. The van der Waals surface area contributed by atoms with E-state index < -0.39 is 0 Å². The summed E-state index contributed by atoms with van der Waals surface area (Å²) in [4.78, 5) is 14.5. The van der Waals surface area contributed by atoms with E-state index in [2.05, 4.69) is 25.7 Å². The molecule has 1 aromatic heterocycles. The van der Waals surface area contributed by atoms with Gasteiger partial charge in [-0.15, -0.1) is 0 Å². The SMILES string of the molecule is Cn1cccc1C(=O)CN1CCC(C(C)(C)C)CC1. The first-order valence-electron chi connectivity index (χ1n) is 7.25. The molecule has 0 spiro atoms. The Labute approximate surface area is 116 Å². The van der Waals surface area contributed by atoms with Gasteiger partial charge in [-0.05, 0) is 49.4 Å². The van der Waals surface area contributed by atoms with Crippen molar-refractivity contribution in [2.45, 2.75) is 33.6 Å². The fourth-order valence-corrected chi connectivity index (χ4v) is 2.99. The van der Waals surface area contributed by atoms with Crippen molar-refractivity contribution in [3.05, 3.63) is 24.0 Å². The van der Waals surface area contributed by atoms with Crippen LogP contribution in [0.4, 0.5) is 0 Å². The van der Waals surface area contributed by atoms with Gasteiger partial charge in [-0.25, -0.2) is 0 Å². The molecule has 1 saturated heterocycles. The summed E-state index contributed by atoms with van der Waals surface area (Å²) in [5.41, 5.74) is 1.21. The molecule has 0 atom stereocenters. The van der Waals surface area contributed by atoms with Crippen LogP contribution in [0, 0.1) is 11.3 Å². The normalized spacial score (nSPS) is 18.7. The van der Waals surface area contributed by atoms with Gasteiger partial charge in [0.25, 0.3) is 0 Å². The van der Waals surface area contributed by atoms with Crippen LogP contribution in [0.3, 0.4) is 0 Å². The second-order valence-electron chi connectivity index (χ2n) is 6.84. The number of hydrogen-bond donors (Lipinski definition) is 0. The van der Waals surface area contributed by atoms with Crippen molar-refractivity contribution in [1.29, 1.82) is 0 Å². The number of piperidine rings is 1. The molecule has 2 heterocycles. The number of Topliss-reactive ketones (excluding diaryl/α,β-unsaturated/α-hetero) is 1. The molecule has 0 aliphatic carbocycles. The summed E-state index contributed by atoms with van der Waals surface area (Å²) in [6, 6.07) is 3.84. The third kappa shape index (κ3) is 3.47. The van der Waals surface area contributed by atoms with Crippen LogP contribution in [-0.4, -0.2) is 34.9 Å². The van der Waals surface area contributed by atoms with E-state index in [4.69, 9.17) is 0 Å². The molecule has 0 radical (unpaired) electrons. The van der Waals surface area contributed by atoms with Crippen LogP contribution in [0.15, 0.2) is 18.3 Å². The molecule has 19 heavy (non-hydrogen) atoms. The molecular weight excluding hydrogens is 236 g/mol. The quantitative estimate of drug-likeness (QED) is 0.783. The minimum absolute atomic E-state index is 0.238. The van der Waals surface area contributed by atoms with Gasteiger partial charge >= 0.3 is 0 Å². The second kappa shape index (κ2) is 5.49. The summed E-state index contributed by atoms with van der Waals surface area (Å²) >= 11 is 0. The first-order valence-corrected chi connectivity index (χ1v) is 7.25. The molecule has 0 saturated carbocycles. The van der Waals surface area contributed by atoms with E-state index in [1.165, 1.54) is 12.8 Å². The molecule has 1 fully saturated rings. The Balaban J connectivity index is 1.86. The molecule has 1 aliphatic rings. The third-order valence-corrected chi connectivity index (χ3v) is 4.41. The standard InChI is InChI=1S/C16H26N2O/c1-16(2,3)13-7-10-18(11-8-13)12-15(19)14-6-5-9-17(14)4/h5-6,9,13H,7-8,10-12H2,1-4H3. The van der Waals surface area contributed by atoms with E-state index in [0.29, 0.717) is 12.0 Å². The molecule has 3 nitrogen and oxygen atoms in total. The summed E-state index contributed by atoms with van der Waals surface area (Å²) < 4.78 is 1.91. The highest BCUT2D eigenvalue weighted by Crippen LogP contribution is 2.34. The number of rotatable bonds is 3. The van der Waals surface area contributed by atoms with E-state index in [0.717, 1.165) is 24.7 Å². The predicted molar refractivity (Wildman–Crippen MR) is 78.4 cm³/mol. The lowest BCUT2D eigenvalue weighted by Gasteiger charge is -2.38. The monoisotopic (exact) mass is 262 g/mol. The number of carbonyl (C=O) groups excluding carboxylic acids is 1. The molecule has 1 aliphatic heterocycles. The van der Waals surface area contributed by atoms with E-state index in [9.17, 15) is 4.79 Å². The van der Waals surface area contributed by atoms with Crippen molar-refractivity contribution >= 4 is 5.78 Å². The summed E-state index contributed by atoms with van der Waals surface area (Å²) in [6.45, 7) is 9.64. The van der Waals surface area contributed by atoms with Gasteiger partial charge in [0.2, 0.25) is 0 Å². The van der Waals surface area contributed by atoms with Crippen LogP contribution in [-0.2, 0) is 7.05 Å². The second-order valence-corrected chi connectivity index (χ2v) is 6.84. The Hall–Kier alpha value is -1.09. The smallest absolute Gasteiger partial charge is 0.193 e. The fraction of sp³-hybridized carbons (Fsp3) is 0.688. The zero-order valence-electron chi connectivity index (χ0n) is 12.6. The van der Waals surface area contributed by atoms with Gasteiger partial charge in [-0.2, -0.15) is 0 Å². The van der Waals surface area contributed by atoms with Crippen molar-refractivity contribution in [2.24, 2.45) is 18.4 Å². The largest absolute Gasteiger partial charge is 0.348 e. The van der Waals surface area contributed by atoms with Gasteiger partial charge in [-0.3, -0.25) is 9.69 Å². The maximum atomic E-state index is 12.2. The average molecular weight is 262 g/mol. The van der Waals surface area contributed by atoms with E-state index in [1.807, 2.05) is 29.9 Å². The fourth-order valence-electron chi connectivity index (χ4n) is 2.99. The van der Waals surface area contributed by atoms with Gasteiger partial charge in [0, 0.05) is 13.2 Å². The topological polar surface area (TPSA) is 25.2 Å². The Kier molecular flexibility index (Phi) is 4.14. The van der Waals surface area contributed by atoms with Crippen LogP contribution in [0.5, 0.6) is 0 Å². The minimum Gasteiger partial charge on any atom is -0.348 e. The Bertz CT molecular complexity index is 434. The Morgan fingerprint density at radius 3 is 2.42 bits per heavy atom. The minimum atomic E-state index is 0.238. The lowest BCUT2D eigenvalue weighted by atomic mass is 9.75. The van der Waals surface area contributed by atoms with Crippen LogP contribution in [0.1, 0.15) is 44.1 Å². The van der Waals surface area contributed by atoms with Crippen molar-refractivity contribution in [1.82, 2.24) is 9.47 Å². The van der Waals surface area contributed by atoms with Crippen LogP contribution >= 0.6 is 0 Å². The maximum Gasteiger partial charge on any atom is 0.193 e. The Morgan fingerprint density at radius 2 is 1.95 bits per heavy atom. The number of carbonyl (C=O) groups is 1. The highest BCUT2D eigenvalue weighted by atomic mass is 16.1. The number of nitrogens with zero attached hydrogens (tertiary/aromatic N) is 2. The summed E-state index contributed by atoms with van der Waals surface area (Å²) in [5, 5.41) is 0. The molecule has 0 unspecified atom stereocenters. The Morgan fingerprint density at radius 1 is 1.32 bits per heavy atom. The number of ketones is 1. The van der Waals surface area contributed by atoms with E-state index in [-0.39, 0.29) is 5.78 Å². The third-order valence-electron chi connectivity index (χ3n) is 4.41. The molecule has 106 valence electrons. The highest BCUT2D eigenvalue weighted by molar-refractivity contribution is 5.96. The molecule has 2 rings (SSSR count). The molecule has 0 N–H and O–H groups in total. The average Bonchev–Trinajstić information content (AvgIpc) is 2.75. The zero-order chi connectivity index (χ0) is 14.0. The first kappa shape index (κ1) is 14.3. The zero-order valence-corrected chi connectivity index (χ0v) is 12.6. The van der Waals surface area contributed by atoms with Gasteiger partial charge in [0.15, 0.2) is 5.78 Å². The number of hydrogen-bond acceptors (Lipinski definition) is 2. The van der Waals surface area contributed by atoms with Crippen LogP contribution in [0.2, 0.25) is 0 Å². The lowest BCUT2D eigenvalue weighted by Crippen LogP contribution is -2.40. The van der Waals surface area contributed by atoms with Gasteiger partial charge < -0.3 is 4.57 Å². The lowest BCUT2D eigenvalue weighted by molar-refractivity contribution is 0.0815. The van der Waals surface area contributed by atoms with Crippen molar-refractivity contribution in [2.75, 3.05) is 19.6 Å². The number of aryl methyl sites for hydroxylation is 1. The molecule has 0 aromatic carbocycles. The highest BCUT2D eigenvalue weighted by Gasteiger charge is 2.29. The number of likely N-dealkylation sites (tertiary alicyclic amines) is 1. The van der Waals surface area contributed by atoms with Crippen molar-refractivity contribution in [3.8, 4) is 0 Å². The number of aromatic nitrogens is 1. The van der Waals surface area contributed by atoms with E-state index >= 15 is 0 Å². The summed E-state index contributed by atoms with van der Waals surface area (Å²) in [6.07, 6.45) is 4.35. The van der Waals surface area contributed by atoms with Crippen LogP contribution in [0.25, 0.3) is 0 Å². The first-order chi connectivity index (χ1) is 8.88. The van der Waals surface area contributed by atoms with Gasteiger partial charge in [-0.1, -0.05) is 20.8 Å². The molecule has 0 amide bonds. The van der Waals surface area contributed by atoms with Gasteiger partial charge in [0.05, 0.1) is 12.2 Å². The summed E-state index contributed by atoms with van der Waals surface area (Å²) in [5.74, 6) is 1.02.